The minimum Gasteiger partial charge on any atom is -0.376 e. The van der Waals surface area contributed by atoms with Gasteiger partial charge >= 0.3 is 0 Å². The van der Waals surface area contributed by atoms with Gasteiger partial charge < -0.3 is 10.1 Å². The Labute approximate surface area is 126 Å². The maximum Gasteiger partial charge on any atom is 0.0672 e. The second kappa shape index (κ2) is 12.4. The lowest BCUT2D eigenvalue weighted by Gasteiger charge is -2.19. The molecule has 0 spiro atoms. The summed E-state index contributed by atoms with van der Waals surface area (Å²) in [7, 11) is 0. The lowest BCUT2D eigenvalue weighted by atomic mass is 9.98. The fraction of sp³-hybridized carbons (Fsp3) is 0.889. The van der Waals surface area contributed by atoms with Gasteiger partial charge in [-0.2, -0.15) is 0 Å². The van der Waals surface area contributed by atoms with E-state index in [1.165, 1.54) is 70.6 Å². The third-order valence-electron chi connectivity index (χ3n) is 4.13. The molecule has 1 rings (SSSR count). The van der Waals surface area contributed by atoms with E-state index < -0.39 is 0 Å². The predicted octanol–water partition coefficient (Wildman–Crippen LogP) is 4.84. The molecule has 1 N–H and O–H groups in total. The van der Waals surface area contributed by atoms with E-state index in [4.69, 9.17) is 4.74 Å². The van der Waals surface area contributed by atoms with Crippen LogP contribution in [0.1, 0.15) is 77.6 Å². The van der Waals surface area contributed by atoms with Crippen molar-refractivity contribution in [3.8, 4) is 0 Å². The molecule has 0 heterocycles. The lowest BCUT2D eigenvalue weighted by Crippen LogP contribution is -2.32. The van der Waals surface area contributed by atoms with Crippen LogP contribution in [-0.2, 0) is 4.74 Å². The van der Waals surface area contributed by atoms with Gasteiger partial charge in [-0.3, -0.25) is 0 Å². The highest BCUT2D eigenvalue weighted by Gasteiger charge is 2.08. The maximum absolute atomic E-state index is 5.56. The van der Waals surface area contributed by atoms with Crippen LogP contribution in [0.25, 0.3) is 0 Å². The van der Waals surface area contributed by atoms with E-state index in [9.17, 15) is 0 Å². The Morgan fingerprint density at radius 1 is 0.950 bits per heavy atom. The first-order valence-electron chi connectivity index (χ1n) is 8.74. The smallest absolute Gasteiger partial charge is 0.0672 e. The van der Waals surface area contributed by atoms with Gasteiger partial charge in [-0.25, -0.2) is 0 Å². The summed E-state index contributed by atoms with van der Waals surface area (Å²) in [6, 6.07) is 0.711. The van der Waals surface area contributed by atoms with Gasteiger partial charge in [0.05, 0.1) is 13.2 Å². The average Bonchev–Trinajstić information content (AvgIpc) is 2.40. The first-order valence-corrected chi connectivity index (χ1v) is 8.74. The molecule has 2 nitrogen and oxygen atoms in total. The summed E-state index contributed by atoms with van der Waals surface area (Å²) in [5, 5.41) is 3.69. The minimum absolute atomic E-state index is 0.701. The average molecular weight is 281 g/mol. The molecule has 0 aromatic rings. The topological polar surface area (TPSA) is 21.3 Å². The Morgan fingerprint density at radius 2 is 1.45 bits per heavy atom. The highest BCUT2D eigenvalue weighted by Crippen LogP contribution is 2.16. The molecule has 118 valence electrons. The summed E-state index contributed by atoms with van der Waals surface area (Å²) in [6.07, 6.45) is 15.6. The highest BCUT2D eigenvalue weighted by molar-refractivity contribution is 4.87. The normalized spacial score (nSPS) is 20.1. The van der Waals surface area contributed by atoms with Crippen LogP contribution in [0, 0.1) is 0 Å². The van der Waals surface area contributed by atoms with Gasteiger partial charge in [0.2, 0.25) is 0 Å². The van der Waals surface area contributed by atoms with E-state index >= 15 is 0 Å². The third-order valence-corrected chi connectivity index (χ3v) is 4.13. The molecule has 1 aliphatic rings. The summed E-state index contributed by atoms with van der Waals surface area (Å²) in [6.45, 7) is 8.36. The van der Waals surface area contributed by atoms with E-state index in [0.717, 1.165) is 18.7 Å². The van der Waals surface area contributed by atoms with Crippen molar-refractivity contribution < 1.29 is 4.74 Å². The Balaban J connectivity index is 2.13. The van der Waals surface area contributed by atoms with Gasteiger partial charge in [0.15, 0.2) is 0 Å². The summed E-state index contributed by atoms with van der Waals surface area (Å²) in [5.41, 5.74) is 1.11. The van der Waals surface area contributed by atoms with Crippen molar-refractivity contribution in [2.75, 3.05) is 19.8 Å². The molecule has 0 aromatic carbocycles. The maximum atomic E-state index is 5.56. The van der Waals surface area contributed by atoms with Crippen LogP contribution in [0.15, 0.2) is 12.2 Å². The molecule has 0 atom stereocenters. The van der Waals surface area contributed by atoms with Crippen LogP contribution < -0.4 is 5.32 Å². The molecule has 1 fully saturated rings. The molecule has 2 heteroatoms. The van der Waals surface area contributed by atoms with E-state index in [1.807, 2.05) is 6.92 Å². The first kappa shape index (κ1) is 17.7. The van der Waals surface area contributed by atoms with Crippen molar-refractivity contribution in [2.45, 2.75) is 83.6 Å². The fourth-order valence-corrected chi connectivity index (χ4v) is 2.95. The van der Waals surface area contributed by atoms with E-state index in [0.29, 0.717) is 12.6 Å². The molecule has 0 aliphatic heterocycles. The van der Waals surface area contributed by atoms with Crippen LogP contribution >= 0.6 is 0 Å². The second-order valence-corrected chi connectivity index (χ2v) is 6.42. The van der Waals surface area contributed by atoms with Crippen LogP contribution in [0.2, 0.25) is 0 Å². The molecule has 0 saturated heterocycles. The number of ether oxygens (including phenoxy) is 1. The SMILES string of the molecule is C=C(C)COCCNC1CCCCCCCCCCC1. The molecule has 0 radical (unpaired) electrons. The number of hydrogen-bond donors (Lipinski definition) is 1. The Kier molecular flexibility index (Phi) is 11.0. The quantitative estimate of drug-likeness (QED) is 0.555. The Bertz CT molecular complexity index is 228. The molecule has 0 aromatic heterocycles. The van der Waals surface area contributed by atoms with E-state index in [2.05, 4.69) is 11.9 Å². The van der Waals surface area contributed by atoms with Crippen molar-refractivity contribution in [3.63, 3.8) is 0 Å². The number of nitrogens with one attached hydrogen (secondary N) is 1. The zero-order chi connectivity index (χ0) is 14.5. The molecular formula is C18H35NO. The van der Waals surface area contributed by atoms with Gasteiger partial charge in [-0.1, -0.05) is 69.9 Å². The highest BCUT2D eigenvalue weighted by atomic mass is 16.5. The first-order chi connectivity index (χ1) is 9.79. The van der Waals surface area contributed by atoms with Crippen LogP contribution in [0.4, 0.5) is 0 Å². The van der Waals surface area contributed by atoms with Gasteiger partial charge in [-0.05, 0) is 19.8 Å². The van der Waals surface area contributed by atoms with Crippen LogP contribution in [0.3, 0.4) is 0 Å². The van der Waals surface area contributed by atoms with Crippen molar-refractivity contribution in [1.82, 2.24) is 5.32 Å². The monoisotopic (exact) mass is 281 g/mol. The minimum atomic E-state index is 0.701. The summed E-state index contributed by atoms with van der Waals surface area (Å²) < 4.78 is 5.56. The van der Waals surface area contributed by atoms with E-state index in [-0.39, 0.29) is 0 Å². The van der Waals surface area contributed by atoms with Crippen molar-refractivity contribution in [2.24, 2.45) is 0 Å². The molecule has 0 unspecified atom stereocenters. The van der Waals surface area contributed by atoms with Gasteiger partial charge in [-0.15, -0.1) is 0 Å². The molecular weight excluding hydrogens is 246 g/mol. The number of hydrogen-bond acceptors (Lipinski definition) is 2. The summed E-state index contributed by atoms with van der Waals surface area (Å²) >= 11 is 0. The zero-order valence-corrected chi connectivity index (χ0v) is 13.6. The zero-order valence-electron chi connectivity index (χ0n) is 13.6. The molecule has 1 saturated carbocycles. The Morgan fingerprint density at radius 3 is 1.95 bits per heavy atom. The van der Waals surface area contributed by atoms with Gasteiger partial charge in [0.25, 0.3) is 0 Å². The van der Waals surface area contributed by atoms with Crippen molar-refractivity contribution in [3.05, 3.63) is 12.2 Å². The molecule has 20 heavy (non-hydrogen) atoms. The van der Waals surface area contributed by atoms with E-state index in [1.54, 1.807) is 0 Å². The fourth-order valence-electron chi connectivity index (χ4n) is 2.95. The molecule has 0 bridgehead atoms. The van der Waals surface area contributed by atoms with Gasteiger partial charge in [0.1, 0.15) is 0 Å². The van der Waals surface area contributed by atoms with Crippen LogP contribution in [-0.4, -0.2) is 25.8 Å². The standard InChI is InChI=1S/C18H35NO/c1-17(2)16-20-15-14-19-18-12-10-8-6-4-3-5-7-9-11-13-18/h18-19H,1,3-16H2,2H3. The Hall–Kier alpha value is -0.340. The molecule has 1 aliphatic carbocycles. The summed E-state index contributed by atoms with van der Waals surface area (Å²) in [5.74, 6) is 0. The van der Waals surface area contributed by atoms with Crippen LogP contribution in [0.5, 0.6) is 0 Å². The second-order valence-electron chi connectivity index (χ2n) is 6.42. The largest absolute Gasteiger partial charge is 0.376 e. The van der Waals surface area contributed by atoms with Crippen molar-refractivity contribution >= 4 is 0 Å². The molecule has 0 amide bonds. The summed E-state index contributed by atoms with van der Waals surface area (Å²) in [4.78, 5) is 0. The van der Waals surface area contributed by atoms with Crippen molar-refractivity contribution in [1.29, 1.82) is 0 Å². The third kappa shape index (κ3) is 10.4. The van der Waals surface area contributed by atoms with Gasteiger partial charge in [0, 0.05) is 12.6 Å². The predicted molar refractivity (Wildman–Crippen MR) is 88.2 cm³/mol. The lowest BCUT2D eigenvalue weighted by molar-refractivity contribution is 0.154. The number of rotatable bonds is 6.